The minimum Gasteiger partial charge on any atom is -0.497 e. The summed E-state index contributed by atoms with van der Waals surface area (Å²) in [6.07, 6.45) is 2.26. The van der Waals surface area contributed by atoms with E-state index in [1.54, 1.807) is 13.2 Å². The summed E-state index contributed by atoms with van der Waals surface area (Å²) in [4.78, 5) is 14.3. The Hall–Kier alpha value is -1.03. The zero-order valence-corrected chi connectivity index (χ0v) is 11.4. The highest BCUT2D eigenvalue weighted by Gasteiger charge is 2.32. The minimum absolute atomic E-state index is 0.103. The first-order valence-corrected chi connectivity index (χ1v) is 6.89. The Labute approximate surface area is 110 Å². The Bertz CT molecular complexity index is 404. The highest BCUT2D eigenvalue weighted by molar-refractivity contribution is 9.09. The first-order valence-electron chi connectivity index (χ1n) is 5.77. The van der Waals surface area contributed by atoms with Crippen molar-refractivity contribution in [1.29, 1.82) is 0 Å². The van der Waals surface area contributed by atoms with Gasteiger partial charge in [0.05, 0.1) is 7.11 Å². The van der Waals surface area contributed by atoms with Gasteiger partial charge in [0, 0.05) is 23.5 Å². The molecule has 1 aromatic rings. The van der Waals surface area contributed by atoms with E-state index in [9.17, 15) is 4.79 Å². The molecule has 0 heterocycles. The third kappa shape index (κ3) is 3.00. The van der Waals surface area contributed by atoms with Crippen LogP contribution >= 0.6 is 15.9 Å². The van der Waals surface area contributed by atoms with Crippen molar-refractivity contribution in [2.45, 2.75) is 18.9 Å². The third-order valence-corrected chi connectivity index (χ3v) is 3.25. The zero-order valence-electron chi connectivity index (χ0n) is 9.86. The average Bonchev–Trinajstić information content (AvgIpc) is 3.19. The number of methoxy groups -OCH3 is 1. The molecule has 1 saturated carbocycles. The number of carbonyl (C=O) groups is 1. The summed E-state index contributed by atoms with van der Waals surface area (Å²) in [5, 5.41) is 0.819. The van der Waals surface area contributed by atoms with Crippen LogP contribution in [-0.2, 0) is 0 Å². The molecule has 0 N–H and O–H groups in total. The predicted molar refractivity (Wildman–Crippen MR) is 70.8 cm³/mol. The molecule has 0 saturated heterocycles. The standard InChI is InChI=1S/C13H16BrNO2/c1-17-12-4-2-3-10(9-12)13(16)15(8-7-14)11-5-6-11/h2-4,9,11H,5-8H2,1H3. The van der Waals surface area contributed by atoms with Crippen LogP contribution in [0.4, 0.5) is 0 Å². The summed E-state index contributed by atoms with van der Waals surface area (Å²) in [5.74, 6) is 0.830. The maximum absolute atomic E-state index is 12.3. The summed E-state index contributed by atoms with van der Waals surface area (Å²) in [6.45, 7) is 0.765. The summed E-state index contributed by atoms with van der Waals surface area (Å²) in [5.41, 5.74) is 0.706. The smallest absolute Gasteiger partial charge is 0.254 e. The van der Waals surface area contributed by atoms with E-state index in [1.165, 1.54) is 0 Å². The van der Waals surface area contributed by atoms with Gasteiger partial charge in [-0.1, -0.05) is 22.0 Å². The summed E-state index contributed by atoms with van der Waals surface area (Å²) in [7, 11) is 1.61. The van der Waals surface area contributed by atoms with Crippen LogP contribution in [0.5, 0.6) is 5.75 Å². The lowest BCUT2D eigenvalue weighted by molar-refractivity contribution is 0.0754. The van der Waals surface area contributed by atoms with Gasteiger partial charge in [0.25, 0.3) is 5.91 Å². The predicted octanol–water partition coefficient (Wildman–Crippen LogP) is 2.69. The summed E-state index contributed by atoms with van der Waals surface area (Å²) >= 11 is 3.40. The van der Waals surface area contributed by atoms with Crippen molar-refractivity contribution in [1.82, 2.24) is 4.90 Å². The molecule has 1 aliphatic rings. The number of carbonyl (C=O) groups excluding carboxylic acids is 1. The topological polar surface area (TPSA) is 29.5 Å². The number of halogens is 1. The Balaban J connectivity index is 2.15. The molecule has 0 spiro atoms. The number of rotatable bonds is 5. The van der Waals surface area contributed by atoms with Crippen LogP contribution in [0.25, 0.3) is 0 Å². The second kappa shape index (κ2) is 5.54. The van der Waals surface area contributed by atoms with Gasteiger partial charge in [0.1, 0.15) is 5.75 Å². The molecule has 1 amide bonds. The van der Waals surface area contributed by atoms with Gasteiger partial charge in [-0.25, -0.2) is 0 Å². The van der Waals surface area contributed by atoms with Crippen molar-refractivity contribution in [3.63, 3.8) is 0 Å². The number of nitrogens with zero attached hydrogens (tertiary/aromatic N) is 1. The van der Waals surface area contributed by atoms with Crippen molar-refractivity contribution in [2.24, 2.45) is 0 Å². The molecule has 2 rings (SSSR count). The van der Waals surface area contributed by atoms with Gasteiger partial charge in [0.2, 0.25) is 0 Å². The van der Waals surface area contributed by atoms with Gasteiger partial charge in [-0.05, 0) is 31.0 Å². The van der Waals surface area contributed by atoms with Gasteiger partial charge >= 0.3 is 0 Å². The average molecular weight is 298 g/mol. The Morgan fingerprint density at radius 1 is 1.53 bits per heavy atom. The number of ether oxygens (including phenoxy) is 1. The second-order valence-electron chi connectivity index (χ2n) is 4.15. The van der Waals surface area contributed by atoms with Crippen molar-refractivity contribution >= 4 is 21.8 Å². The van der Waals surface area contributed by atoms with E-state index in [-0.39, 0.29) is 5.91 Å². The van der Waals surface area contributed by atoms with E-state index in [0.717, 1.165) is 30.5 Å². The maximum Gasteiger partial charge on any atom is 0.254 e. The van der Waals surface area contributed by atoms with Crippen molar-refractivity contribution < 1.29 is 9.53 Å². The Kier molecular flexibility index (Phi) is 4.05. The quantitative estimate of drug-likeness (QED) is 0.782. The van der Waals surface area contributed by atoms with Crippen molar-refractivity contribution in [3.05, 3.63) is 29.8 Å². The molecule has 0 aromatic heterocycles. The van der Waals surface area contributed by atoms with Crippen molar-refractivity contribution in [2.75, 3.05) is 19.0 Å². The highest BCUT2D eigenvalue weighted by atomic mass is 79.9. The largest absolute Gasteiger partial charge is 0.497 e. The first-order chi connectivity index (χ1) is 8.26. The van der Waals surface area contributed by atoms with Crippen LogP contribution in [-0.4, -0.2) is 35.8 Å². The fraction of sp³-hybridized carbons (Fsp3) is 0.462. The Morgan fingerprint density at radius 3 is 2.88 bits per heavy atom. The lowest BCUT2D eigenvalue weighted by atomic mass is 10.2. The summed E-state index contributed by atoms with van der Waals surface area (Å²) < 4.78 is 5.14. The van der Waals surface area contributed by atoms with E-state index in [0.29, 0.717) is 11.6 Å². The second-order valence-corrected chi connectivity index (χ2v) is 4.94. The van der Waals surface area contributed by atoms with Gasteiger partial charge in [0.15, 0.2) is 0 Å². The third-order valence-electron chi connectivity index (χ3n) is 2.89. The molecule has 0 bridgehead atoms. The fourth-order valence-corrected chi connectivity index (χ4v) is 2.23. The molecule has 3 nitrogen and oxygen atoms in total. The normalized spacial score (nSPS) is 14.5. The minimum atomic E-state index is 0.103. The van der Waals surface area contributed by atoms with Crippen LogP contribution in [0.2, 0.25) is 0 Å². The molecular formula is C13H16BrNO2. The number of alkyl halides is 1. The monoisotopic (exact) mass is 297 g/mol. The van der Waals surface area contributed by atoms with Crippen LogP contribution < -0.4 is 4.74 Å². The molecule has 0 unspecified atom stereocenters. The van der Waals surface area contributed by atoms with Crippen molar-refractivity contribution in [3.8, 4) is 5.75 Å². The molecule has 1 fully saturated rings. The van der Waals surface area contributed by atoms with E-state index < -0.39 is 0 Å². The van der Waals surface area contributed by atoms with Gasteiger partial charge in [-0.15, -0.1) is 0 Å². The number of hydrogen-bond donors (Lipinski definition) is 0. The first kappa shape index (κ1) is 12.4. The number of hydrogen-bond acceptors (Lipinski definition) is 2. The summed E-state index contributed by atoms with van der Waals surface area (Å²) in [6, 6.07) is 7.78. The van der Waals surface area contributed by atoms with Crippen LogP contribution in [0.3, 0.4) is 0 Å². The lowest BCUT2D eigenvalue weighted by Gasteiger charge is -2.21. The van der Waals surface area contributed by atoms with E-state index >= 15 is 0 Å². The molecule has 0 radical (unpaired) electrons. The van der Waals surface area contributed by atoms with Crippen LogP contribution in [0.1, 0.15) is 23.2 Å². The molecule has 0 atom stereocenters. The van der Waals surface area contributed by atoms with E-state index in [4.69, 9.17) is 4.74 Å². The van der Waals surface area contributed by atoms with Crippen LogP contribution in [0, 0.1) is 0 Å². The number of benzene rings is 1. The molecule has 92 valence electrons. The molecule has 1 aliphatic carbocycles. The molecule has 0 aliphatic heterocycles. The highest BCUT2D eigenvalue weighted by Crippen LogP contribution is 2.28. The molecule has 4 heteroatoms. The Morgan fingerprint density at radius 2 is 2.29 bits per heavy atom. The molecule has 1 aromatic carbocycles. The molecular weight excluding hydrogens is 282 g/mol. The van der Waals surface area contributed by atoms with Gasteiger partial charge in [-0.2, -0.15) is 0 Å². The maximum atomic E-state index is 12.3. The van der Waals surface area contributed by atoms with Gasteiger partial charge < -0.3 is 9.64 Å². The van der Waals surface area contributed by atoms with Crippen LogP contribution in [0.15, 0.2) is 24.3 Å². The van der Waals surface area contributed by atoms with Gasteiger partial charge in [-0.3, -0.25) is 4.79 Å². The zero-order chi connectivity index (χ0) is 12.3. The molecule has 17 heavy (non-hydrogen) atoms. The number of amides is 1. The fourth-order valence-electron chi connectivity index (χ4n) is 1.85. The lowest BCUT2D eigenvalue weighted by Crippen LogP contribution is -2.34. The van der Waals surface area contributed by atoms with E-state index in [1.807, 2.05) is 23.1 Å². The SMILES string of the molecule is COc1cccc(C(=O)N(CCBr)C2CC2)c1. The van der Waals surface area contributed by atoms with E-state index in [2.05, 4.69) is 15.9 Å².